The number of nitrogens with two attached hydrogens (primary N) is 1. The molecule has 1 aromatic carbocycles. The zero-order valence-electron chi connectivity index (χ0n) is 18.3. The third kappa shape index (κ3) is 20.4. The Bertz CT molecular complexity index is 540. The Morgan fingerprint density at radius 1 is 0.793 bits per heavy atom. The molecule has 3 N–H and O–H groups in total. The van der Waals surface area contributed by atoms with Crippen molar-refractivity contribution < 1.29 is 14.7 Å². The van der Waals surface area contributed by atoms with Gasteiger partial charge in [-0.25, -0.2) is 4.79 Å². The van der Waals surface area contributed by atoms with Crippen LogP contribution in [0, 0.1) is 0 Å². The molecule has 0 aliphatic carbocycles. The molecule has 0 aromatic heterocycles. The molecular formula is C25H41NO3. The van der Waals surface area contributed by atoms with Crippen LogP contribution in [0.4, 0.5) is 0 Å². The van der Waals surface area contributed by atoms with Gasteiger partial charge >= 0.3 is 5.97 Å². The van der Waals surface area contributed by atoms with E-state index in [0.29, 0.717) is 12.0 Å². The number of aromatic carboxylic acids is 1. The molecule has 0 bridgehead atoms. The number of carboxylic acid groups (broad SMARTS) is 1. The largest absolute Gasteiger partial charge is 0.478 e. The van der Waals surface area contributed by atoms with Crippen LogP contribution in [-0.4, -0.2) is 17.0 Å². The SMILES string of the molecule is CCCCCCCC/C=C\CCCCCCCC(N)=O.O=C(O)c1ccccc1. The molecule has 0 saturated carbocycles. The number of hydrogen-bond acceptors (Lipinski definition) is 2. The monoisotopic (exact) mass is 403 g/mol. The van der Waals surface area contributed by atoms with Crippen molar-refractivity contribution in [3.8, 4) is 0 Å². The molecule has 1 aromatic rings. The Labute approximate surface area is 177 Å². The quantitative estimate of drug-likeness (QED) is 0.233. The first-order valence-electron chi connectivity index (χ1n) is 11.3. The van der Waals surface area contributed by atoms with Crippen LogP contribution in [0.15, 0.2) is 42.5 Å². The lowest BCUT2D eigenvalue weighted by atomic mass is 10.1. The summed E-state index contributed by atoms with van der Waals surface area (Å²) in [4.78, 5) is 20.7. The van der Waals surface area contributed by atoms with Crippen molar-refractivity contribution in [1.82, 2.24) is 0 Å². The van der Waals surface area contributed by atoms with E-state index in [2.05, 4.69) is 19.1 Å². The average molecular weight is 404 g/mol. The summed E-state index contributed by atoms with van der Waals surface area (Å²) in [5.41, 5.74) is 5.43. The maximum atomic E-state index is 10.5. The topological polar surface area (TPSA) is 80.4 Å². The fraction of sp³-hybridized carbons (Fsp3) is 0.600. The molecule has 0 saturated heterocycles. The molecule has 0 unspecified atom stereocenters. The molecule has 0 fully saturated rings. The van der Waals surface area contributed by atoms with Crippen LogP contribution in [0.5, 0.6) is 0 Å². The Balaban J connectivity index is 0.000000717. The lowest BCUT2D eigenvalue weighted by Crippen LogP contribution is -2.09. The number of primary amides is 1. The number of carbonyl (C=O) groups is 2. The van der Waals surface area contributed by atoms with Crippen LogP contribution in [-0.2, 0) is 4.79 Å². The van der Waals surface area contributed by atoms with Crippen LogP contribution in [0.3, 0.4) is 0 Å². The molecule has 164 valence electrons. The van der Waals surface area contributed by atoms with Gasteiger partial charge in [-0.1, -0.05) is 88.6 Å². The van der Waals surface area contributed by atoms with Crippen LogP contribution in [0.25, 0.3) is 0 Å². The van der Waals surface area contributed by atoms with Crippen molar-refractivity contribution in [3.05, 3.63) is 48.0 Å². The maximum absolute atomic E-state index is 10.5. The van der Waals surface area contributed by atoms with Crippen molar-refractivity contribution in [2.24, 2.45) is 5.73 Å². The molecule has 0 radical (unpaired) electrons. The average Bonchev–Trinajstić information content (AvgIpc) is 2.72. The van der Waals surface area contributed by atoms with Crippen LogP contribution in [0.2, 0.25) is 0 Å². The third-order valence-corrected chi connectivity index (χ3v) is 4.71. The molecule has 0 heterocycles. The maximum Gasteiger partial charge on any atom is 0.335 e. The van der Waals surface area contributed by atoms with E-state index in [4.69, 9.17) is 10.8 Å². The van der Waals surface area contributed by atoms with Crippen molar-refractivity contribution >= 4 is 11.9 Å². The van der Waals surface area contributed by atoms with Gasteiger partial charge in [0.1, 0.15) is 0 Å². The smallest absolute Gasteiger partial charge is 0.335 e. The molecule has 1 amide bonds. The van der Waals surface area contributed by atoms with Gasteiger partial charge in [0.2, 0.25) is 5.91 Å². The van der Waals surface area contributed by atoms with Crippen LogP contribution >= 0.6 is 0 Å². The number of carboxylic acids is 1. The Morgan fingerprint density at radius 3 is 1.72 bits per heavy atom. The highest BCUT2D eigenvalue weighted by molar-refractivity contribution is 5.87. The predicted molar refractivity (Wildman–Crippen MR) is 122 cm³/mol. The second-order valence-electron chi connectivity index (χ2n) is 7.47. The predicted octanol–water partition coefficient (Wildman–Crippen LogP) is 6.89. The molecule has 4 nitrogen and oxygen atoms in total. The second-order valence-corrected chi connectivity index (χ2v) is 7.47. The number of carbonyl (C=O) groups excluding carboxylic acids is 1. The summed E-state index contributed by atoms with van der Waals surface area (Å²) >= 11 is 0. The van der Waals surface area contributed by atoms with E-state index >= 15 is 0 Å². The van der Waals surface area contributed by atoms with Gasteiger partial charge in [-0.2, -0.15) is 0 Å². The van der Waals surface area contributed by atoms with Gasteiger partial charge in [-0.05, 0) is 44.2 Å². The van der Waals surface area contributed by atoms with Crippen molar-refractivity contribution in [1.29, 1.82) is 0 Å². The number of rotatable bonds is 16. The number of amides is 1. The van der Waals surface area contributed by atoms with E-state index in [1.807, 2.05) is 0 Å². The second kappa shape index (κ2) is 20.6. The first kappa shape index (κ1) is 26.9. The Morgan fingerprint density at radius 2 is 1.28 bits per heavy atom. The van der Waals surface area contributed by atoms with E-state index in [1.54, 1.807) is 30.3 Å². The fourth-order valence-corrected chi connectivity index (χ4v) is 2.95. The van der Waals surface area contributed by atoms with E-state index in [9.17, 15) is 9.59 Å². The molecule has 0 atom stereocenters. The number of benzene rings is 1. The normalized spacial score (nSPS) is 10.5. The minimum atomic E-state index is -0.879. The van der Waals surface area contributed by atoms with Crippen molar-refractivity contribution in [3.63, 3.8) is 0 Å². The molecule has 0 aliphatic heterocycles. The van der Waals surface area contributed by atoms with Gasteiger partial charge < -0.3 is 10.8 Å². The third-order valence-electron chi connectivity index (χ3n) is 4.71. The van der Waals surface area contributed by atoms with E-state index in [1.165, 1.54) is 70.6 Å². The Kier molecular flexibility index (Phi) is 19.1. The highest BCUT2D eigenvalue weighted by Gasteiger charge is 1.96. The molecule has 0 aliphatic rings. The molecule has 4 heteroatoms. The molecule has 0 spiro atoms. The summed E-state index contributed by atoms with van der Waals surface area (Å²) in [5, 5.41) is 8.38. The van der Waals surface area contributed by atoms with Gasteiger partial charge in [0.15, 0.2) is 0 Å². The standard InChI is InChI=1S/C18H35NO.C7H6O2/c1-2-3-4-5-6-7-8-9-10-11-12-13-14-15-16-17-18(19)20;8-7(9)6-4-2-1-3-5-6/h9-10H,2-8,11-17H2,1H3,(H2,19,20);1-5H,(H,8,9)/b10-9-;. The van der Waals surface area contributed by atoms with Crippen LogP contribution < -0.4 is 5.73 Å². The molecule has 1 rings (SSSR count). The zero-order valence-corrected chi connectivity index (χ0v) is 18.3. The van der Waals surface area contributed by atoms with Gasteiger partial charge in [0.25, 0.3) is 0 Å². The number of unbranched alkanes of at least 4 members (excludes halogenated alkanes) is 11. The fourth-order valence-electron chi connectivity index (χ4n) is 2.95. The van der Waals surface area contributed by atoms with Crippen molar-refractivity contribution in [2.45, 2.75) is 96.8 Å². The van der Waals surface area contributed by atoms with E-state index in [-0.39, 0.29) is 5.91 Å². The minimum Gasteiger partial charge on any atom is -0.478 e. The minimum absolute atomic E-state index is 0.164. The summed E-state index contributed by atoms with van der Waals surface area (Å²) in [6.45, 7) is 2.26. The first-order valence-corrected chi connectivity index (χ1v) is 11.3. The first-order chi connectivity index (χ1) is 14.1. The number of hydrogen-bond donors (Lipinski definition) is 2. The molecular weight excluding hydrogens is 362 g/mol. The van der Waals surface area contributed by atoms with E-state index in [0.717, 1.165) is 12.8 Å². The van der Waals surface area contributed by atoms with Gasteiger partial charge in [-0.3, -0.25) is 4.79 Å². The van der Waals surface area contributed by atoms with Gasteiger partial charge in [-0.15, -0.1) is 0 Å². The number of allylic oxidation sites excluding steroid dienone is 2. The molecule has 29 heavy (non-hydrogen) atoms. The van der Waals surface area contributed by atoms with Crippen LogP contribution in [0.1, 0.15) is 107 Å². The highest BCUT2D eigenvalue weighted by atomic mass is 16.4. The lowest BCUT2D eigenvalue weighted by Gasteiger charge is -1.99. The van der Waals surface area contributed by atoms with Crippen molar-refractivity contribution in [2.75, 3.05) is 0 Å². The van der Waals surface area contributed by atoms with E-state index < -0.39 is 5.97 Å². The summed E-state index contributed by atoms with van der Waals surface area (Å²) < 4.78 is 0. The summed E-state index contributed by atoms with van der Waals surface area (Å²) in [6, 6.07) is 8.30. The Hall–Kier alpha value is -2.10. The van der Waals surface area contributed by atoms with Gasteiger partial charge in [0.05, 0.1) is 5.56 Å². The summed E-state index contributed by atoms with van der Waals surface area (Å²) in [7, 11) is 0. The lowest BCUT2D eigenvalue weighted by molar-refractivity contribution is -0.118. The zero-order chi connectivity index (χ0) is 21.6. The summed E-state index contributed by atoms with van der Waals surface area (Å²) in [6.07, 6.45) is 21.9. The highest BCUT2D eigenvalue weighted by Crippen LogP contribution is 2.09. The van der Waals surface area contributed by atoms with Gasteiger partial charge in [0, 0.05) is 6.42 Å². The summed E-state index contributed by atoms with van der Waals surface area (Å²) in [5.74, 6) is -1.04.